The molecule has 0 radical (unpaired) electrons. The van der Waals surface area contributed by atoms with Gasteiger partial charge in [-0.1, -0.05) is 6.07 Å². The van der Waals surface area contributed by atoms with Crippen LogP contribution in [-0.4, -0.2) is 35.6 Å². The highest BCUT2D eigenvalue weighted by Crippen LogP contribution is 2.25. The van der Waals surface area contributed by atoms with Gasteiger partial charge < -0.3 is 5.32 Å². The lowest BCUT2D eigenvalue weighted by Crippen LogP contribution is -2.40. The summed E-state index contributed by atoms with van der Waals surface area (Å²) in [5.74, 6) is 0.877. The molecule has 3 heterocycles. The average Bonchev–Trinajstić information content (AvgIpc) is 2.74. The molecular weight excluding hydrogens is 210 g/mol. The Morgan fingerprint density at radius 3 is 3.12 bits per heavy atom. The van der Waals surface area contributed by atoms with Crippen molar-refractivity contribution in [1.82, 2.24) is 15.2 Å². The van der Waals surface area contributed by atoms with Gasteiger partial charge in [0.25, 0.3) is 0 Å². The molecule has 3 heteroatoms. The van der Waals surface area contributed by atoms with E-state index >= 15 is 0 Å². The topological polar surface area (TPSA) is 28.2 Å². The summed E-state index contributed by atoms with van der Waals surface area (Å²) >= 11 is 0. The zero-order chi connectivity index (χ0) is 11.7. The molecule has 0 amide bonds. The Morgan fingerprint density at radius 1 is 1.41 bits per heavy atom. The van der Waals surface area contributed by atoms with Crippen LogP contribution in [0.4, 0.5) is 0 Å². The van der Waals surface area contributed by atoms with Crippen molar-refractivity contribution in [3.8, 4) is 0 Å². The second-order valence-electron chi connectivity index (χ2n) is 5.46. The number of nitrogens with zero attached hydrogens (tertiary/aromatic N) is 2. The number of fused-ring (bicyclic) bond motifs is 1. The summed E-state index contributed by atoms with van der Waals surface area (Å²) in [5.41, 5.74) is 2.44. The molecule has 2 aliphatic heterocycles. The number of nitrogens with one attached hydrogen (secondary N) is 1. The quantitative estimate of drug-likeness (QED) is 0.837. The Labute approximate surface area is 103 Å². The van der Waals surface area contributed by atoms with E-state index in [4.69, 9.17) is 0 Å². The first-order valence-electron chi connectivity index (χ1n) is 6.68. The molecule has 3 nitrogen and oxygen atoms in total. The summed E-state index contributed by atoms with van der Waals surface area (Å²) in [6.07, 6.45) is 4.77. The maximum absolute atomic E-state index is 4.37. The number of pyridine rings is 1. The summed E-state index contributed by atoms with van der Waals surface area (Å²) in [5, 5.41) is 3.65. The standard InChI is InChI=1S/C14H21N3/c1-11-4-5-12(7-16-11)8-17-9-13-3-2-6-15-14(13)10-17/h4-5,7,13-15H,2-3,6,8-10H2,1H3. The molecule has 3 rings (SSSR count). The number of hydrogen-bond donors (Lipinski definition) is 1. The molecule has 1 aromatic rings. The van der Waals surface area contributed by atoms with E-state index in [1.807, 2.05) is 13.1 Å². The van der Waals surface area contributed by atoms with Crippen molar-refractivity contribution in [3.05, 3.63) is 29.6 Å². The molecule has 0 aromatic carbocycles. The SMILES string of the molecule is Cc1ccc(CN2CC3CCCNC3C2)cn1. The molecule has 0 spiro atoms. The van der Waals surface area contributed by atoms with Crippen LogP contribution in [-0.2, 0) is 6.54 Å². The van der Waals surface area contributed by atoms with E-state index in [-0.39, 0.29) is 0 Å². The fraction of sp³-hybridized carbons (Fsp3) is 0.643. The van der Waals surface area contributed by atoms with Crippen LogP contribution in [0.15, 0.2) is 18.3 Å². The molecule has 1 N–H and O–H groups in total. The second-order valence-corrected chi connectivity index (χ2v) is 5.46. The van der Waals surface area contributed by atoms with E-state index < -0.39 is 0 Å². The third-order valence-electron chi connectivity index (χ3n) is 4.05. The minimum atomic E-state index is 0.738. The van der Waals surface area contributed by atoms with Gasteiger partial charge in [0, 0.05) is 37.6 Å². The van der Waals surface area contributed by atoms with Crippen LogP contribution < -0.4 is 5.32 Å². The van der Waals surface area contributed by atoms with Gasteiger partial charge in [0.1, 0.15) is 0 Å². The molecule has 2 unspecified atom stereocenters. The highest BCUT2D eigenvalue weighted by atomic mass is 15.2. The first-order valence-corrected chi connectivity index (χ1v) is 6.68. The zero-order valence-corrected chi connectivity index (χ0v) is 10.5. The molecule has 1 aromatic heterocycles. The maximum atomic E-state index is 4.37. The Kier molecular flexibility index (Phi) is 3.12. The Bertz CT molecular complexity index is 360. The van der Waals surface area contributed by atoms with Crippen molar-refractivity contribution >= 4 is 0 Å². The van der Waals surface area contributed by atoms with E-state index in [0.29, 0.717) is 0 Å². The summed E-state index contributed by atoms with van der Waals surface area (Å²) in [6.45, 7) is 6.77. The zero-order valence-electron chi connectivity index (χ0n) is 10.5. The normalized spacial score (nSPS) is 29.2. The first-order chi connectivity index (χ1) is 8.31. The fourth-order valence-electron chi connectivity index (χ4n) is 3.12. The van der Waals surface area contributed by atoms with Gasteiger partial charge in [0.15, 0.2) is 0 Å². The van der Waals surface area contributed by atoms with Crippen molar-refractivity contribution < 1.29 is 0 Å². The van der Waals surface area contributed by atoms with Gasteiger partial charge in [-0.2, -0.15) is 0 Å². The van der Waals surface area contributed by atoms with Crippen LogP contribution in [0.25, 0.3) is 0 Å². The molecular formula is C14H21N3. The van der Waals surface area contributed by atoms with Crippen molar-refractivity contribution in [1.29, 1.82) is 0 Å². The van der Waals surface area contributed by atoms with Gasteiger partial charge in [-0.3, -0.25) is 9.88 Å². The highest BCUT2D eigenvalue weighted by molar-refractivity contribution is 5.13. The van der Waals surface area contributed by atoms with Gasteiger partial charge >= 0.3 is 0 Å². The largest absolute Gasteiger partial charge is 0.312 e. The number of rotatable bonds is 2. The van der Waals surface area contributed by atoms with Gasteiger partial charge in [-0.05, 0) is 43.9 Å². The number of likely N-dealkylation sites (tertiary alicyclic amines) is 1. The van der Waals surface area contributed by atoms with Crippen LogP contribution >= 0.6 is 0 Å². The van der Waals surface area contributed by atoms with Crippen molar-refractivity contribution in [2.75, 3.05) is 19.6 Å². The average molecular weight is 231 g/mol. The Morgan fingerprint density at radius 2 is 2.35 bits per heavy atom. The predicted octanol–water partition coefficient (Wildman–Crippen LogP) is 1.57. The molecule has 0 saturated carbocycles. The van der Waals surface area contributed by atoms with Gasteiger partial charge in [-0.15, -0.1) is 0 Å². The van der Waals surface area contributed by atoms with Crippen LogP contribution in [0.5, 0.6) is 0 Å². The van der Waals surface area contributed by atoms with Crippen molar-refractivity contribution in [2.24, 2.45) is 5.92 Å². The van der Waals surface area contributed by atoms with Crippen LogP contribution in [0.1, 0.15) is 24.1 Å². The van der Waals surface area contributed by atoms with Gasteiger partial charge in [0.05, 0.1) is 0 Å². The third kappa shape index (κ3) is 2.50. The smallest absolute Gasteiger partial charge is 0.0372 e. The van der Waals surface area contributed by atoms with E-state index in [1.165, 1.54) is 38.0 Å². The van der Waals surface area contributed by atoms with Crippen LogP contribution in [0.3, 0.4) is 0 Å². The van der Waals surface area contributed by atoms with Gasteiger partial charge in [0.2, 0.25) is 0 Å². The third-order valence-corrected chi connectivity index (χ3v) is 4.05. The predicted molar refractivity (Wildman–Crippen MR) is 68.8 cm³/mol. The maximum Gasteiger partial charge on any atom is 0.0372 e. The molecule has 17 heavy (non-hydrogen) atoms. The Balaban J connectivity index is 1.61. The molecule has 2 fully saturated rings. The summed E-state index contributed by atoms with van der Waals surface area (Å²) in [6, 6.07) is 5.05. The highest BCUT2D eigenvalue weighted by Gasteiger charge is 2.33. The number of aryl methyl sites for hydroxylation is 1. The minimum Gasteiger partial charge on any atom is -0.312 e. The minimum absolute atomic E-state index is 0.738. The number of hydrogen-bond acceptors (Lipinski definition) is 3. The lowest BCUT2D eigenvalue weighted by Gasteiger charge is -2.24. The monoisotopic (exact) mass is 231 g/mol. The second kappa shape index (κ2) is 4.75. The lowest BCUT2D eigenvalue weighted by atomic mass is 9.94. The molecule has 0 bridgehead atoms. The van der Waals surface area contributed by atoms with E-state index in [1.54, 1.807) is 0 Å². The van der Waals surface area contributed by atoms with E-state index in [0.717, 1.165) is 24.2 Å². The number of aromatic nitrogens is 1. The summed E-state index contributed by atoms with van der Waals surface area (Å²) in [4.78, 5) is 6.94. The summed E-state index contributed by atoms with van der Waals surface area (Å²) < 4.78 is 0. The van der Waals surface area contributed by atoms with Crippen LogP contribution in [0, 0.1) is 12.8 Å². The molecule has 92 valence electrons. The summed E-state index contributed by atoms with van der Waals surface area (Å²) in [7, 11) is 0. The molecule has 0 aliphatic carbocycles. The van der Waals surface area contributed by atoms with E-state index in [9.17, 15) is 0 Å². The van der Waals surface area contributed by atoms with Crippen molar-refractivity contribution in [2.45, 2.75) is 32.4 Å². The van der Waals surface area contributed by atoms with Crippen LogP contribution in [0.2, 0.25) is 0 Å². The fourth-order valence-corrected chi connectivity index (χ4v) is 3.12. The van der Waals surface area contributed by atoms with Crippen molar-refractivity contribution in [3.63, 3.8) is 0 Å². The Hall–Kier alpha value is -0.930. The molecule has 2 atom stereocenters. The van der Waals surface area contributed by atoms with E-state index in [2.05, 4.69) is 27.3 Å². The lowest BCUT2D eigenvalue weighted by molar-refractivity contribution is 0.312. The number of piperidine rings is 1. The first kappa shape index (κ1) is 11.2. The molecule has 2 aliphatic rings. The molecule has 2 saturated heterocycles. The van der Waals surface area contributed by atoms with Gasteiger partial charge in [-0.25, -0.2) is 0 Å².